The highest BCUT2D eigenvalue weighted by molar-refractivity contribution is 8.14. The number of nitrogens with two attached hydrogens (primary N) is 1. The Morgan fingerprint density at radius 1 is 1.29 bits per heavy atom. The molecule has 0 saturated heterocycles. The minimum Gasteiger partial charge on any atom is -0.366 e. The quantitative estimate of drug-likeness (QED) is 0.236. The van der Waals surface area contributed by atoms with Crippen molar-refractivity contribution in [1.29, 1.82) is 0 Å². The molecule has 0 unspecified atom stereocenters. The monoisotopic (exact) mass is 518 g/mol. The number of rotatable bonds is 8. The maximum absolute atomic E-state index is 11.7. The number of carbonyl (C=O) groups excluding carboxylic acids is 2. The third-order valence-electron chi connectivity index (χ3n) is 4.97. The number of amides is 2. The topological polar surface area (TPSA) is 87.8 Å². The van der Waals surface area contributed by atoms with Gasteiger partial charge in [0.05, 0.1) is 5.75 Å². The van der Waals surface area contributed by atoms with Crippen LogP contribution in [0.1, 0.15) is 53.4 Å². The summed E-state index contributed by atoms with van der Waals surface area (Å²) in [6, 6.07) is 0. The Morgan fingerprint density at radius 2 is 1.94 bits per heavy atom. The van der Waals surface area contributed by atoms with Gasteiger partial charge in [0.15, 0.2) is 5.17 Å². The molecule has 0 spiro atoms. The number of aliphatic imine (C=N–C) groups is 1. The molecule has 2 amide bonds. The van der Waals surface area contributed by atoms with Crippen LogP contribution < -0.4 is 11.1 Å². The molecule has 2 rings (SSSR count). The maximum Gasteiger partial charge on any atom is 0.242 e. The first-order valence-corrected chi connectivity index (χ1v) is 13.9. The van der Waals surface area contributed by atoms with Crippen LogP contribution in [0.2, 0.25) is 0 Å². The molecule has 0 saturated carbocycles. The molecular formula is C27H42N4O2S2. The summed E-state index contributed by atoms with van der Waals surface area (Å²) < 4.78 is 0. The second kappa shape index (κ2) is 19.8. The Balaban J connectivity index is 0.000000791. The molecule has 0 atom stereocenters. The molecule has 1 heterocycles. The molecule has 0 aromatic heterocycles. The Labute approximate surface area is 220 Å². The van der Waals surface area contributed by atoms with Crippen molar-refractivity contribution >= 4 is 40.5 Å². The van der Waals surface area contributed by atoms with Gasteiger partial charge in [0, 0.05) is 31.6 Å². The highest BCUT2D eigenvalue weighted by atomic mass is 32.2. The molecule has 2 aliphatic rings. The number of nitrogens with one attached hydrogen (secondary N) is 1. The van der Waals surface area contributed by atoms with Gasteiger partial charge in [-0.2, -0.15) is 0 Å². The van der Waals surface area contributed by atoms with E-state index in [2.05, 4.69) is 41.5 Å². The molecule has 1 aliphatic heterocycles. The number of likely N-dealkylation sites (N-methyl/N-ethyl adjacent to an activating group) is 1. The lowest BCUT2D eigenvalue weighted by atomic mass is 10.0. The van der Waals surface area contributed by atoms with Gasteiger partial charge in [-0.3, -0.25) is 9.59 Å². The van der Waals surface area contributed by atoms with Crippen molar-refractivity contribution in [3.05, 3.63) is 71.5 Å². The zero-order valence-corrected chi connectivity index (χ0v) is 23.6. The number of allylic oxidation sites excluding steroid dienone is 5. The van der Waals surface area contributed by atoms with Crippen LogP contribution >= 0.6 is 23.5 Å². The number of hydrogen-bond acceptors (Lipinski definition) is 6. The summed E-state index contributed by atoms with van der Waals surface area (Å²) in [5.41, 5.74) is 8.83. The van der Waals surface area contributed by atoms with Crippen LogP contribution in [0, 0.1) is 0 Å². The zero-order valence-electron chi connectivity index (χ0n) is 21.9. The summed E-state index contributed by atoms with van der Waals surface area (Å²) >= 11 is 3.29. The Hall–Kier alpha value is -2.45. The maximum atomic E-state index is 11.7. The smallest absolute Gasteiger partial charge is 0.242 e. The molecule has 0 bridgehead atoms. The first-order valence-electron chi connectivity index (χ1n) is 11.7. The summed E-state index contributed by atoms with van der Waals surface area (Å²) in [5, 5.41) is 3.28. The van der Waals surface area contributed by atoms with Crippen LogP contribution in [-0.4, -0.2) is 47.0 Å². The van der Waals surface area contributed by atoms with Crippen LogP contribution in [-0.2, 0) is 9.59 Å². The lowest BCUT2D eigenvalue weighted by molar-refractivity contribution is -0.117. The molecule has 3 N–H and O–H groups in total. The predicted molar refractivity (Wildman–Crippen MR) is 156 cm³/mol. The van der Waals surface area contributed by atoms with Crippen LogP contribution in [0.15, 0.2) is 76.5 Å². The fourth-order valence-electron chi connectivity index (χ4n) is 3.11. The fourth-order valence-corrected chi connectivity index (χ4v) is 4.75. The van der Waals surface area contributed by atoms with Gasteiger partial charge in [-0.25, -0.2) is 4.99 Å². The molecule has 194 valence electrons. The molecule has 0 fully saturated rings. The fraction of sp³-hybridized carbons (Fsp3) is 0.444. The molecule has 0 radical (unpaired) electrons. The van der Waals surface area contributed by atoms with Gasteiger partial charge >= 0.3 is 0 Å². The molecule has 8 heteroatoms. The summed E-state index contributed by atoms with van der Waals surface area (Å²) in [6.45, 7) is 16.8. The Morgan fingerprint density at radius 3 is 2.46 bits per heavy atom. The van der Waals surface area contributed by atoms with Crippen molar-refractivity contribution in [2.45, 2.75) is 53.4 Å². The average Bonchev–Trinajstić information content (AvgIpc) is 2.83. The van der Waals surface area contributed by atoms with Crippen molar-refractivity contribution in [1.82, 2.24) is 10.2 Å². The Bertz CT molecular complexity index is 870. The van der Waals surface area contributed by atoms with Crippen LogP contribution in [0.4, 0.5) is 0 Å². The predicted octanol–water partition coefficient (Wildman–Crippen LogP) is 5.93. The van der Waals surface area contributed by atoms with Crippen LogP contribution in [0.3, 0.4) is 0 Å². The molecular weight excluding hydrogens is 476 g/mol. The molecule has 1 aliphatic carbocycles. The largest absolute Gasteiger partial charge is 0.366 e. The lowest BCUT2D eigenvalue weighted by Gasteiger charge is -2.28. The van der Waals surface area contributed by atoms with E-state index in [-0.39, 0.29) is 11.7 Å². The standard InChI is InChI=1S/C16H22N4O2S.C8H14S.C3H6/c1-4-6-12(3)13-9-19-16(20(5-2)10-13)23-11-15(22)18-8-7-14(17)21;1-7-5-3-4-6-8(7)9-2;1-3-2/h4,6-9H,1,5,10-11H2,2-3H3,(H2,17,21)(H,18,22);3-6H2,1-2H3;3H,1H2,2H3/b8-7-,12-6+;;. The minimum atomic E-state index is -0.604. The molecule has 6 nitrogen and oxygen atoms in total. The third-order valence-corrected chi connectivity index (χ3v) is 7.04. The average molecular weight is 519 g/mol. The number of hydrogen-bond donors (Lipinski definition) is 2. The number of carbonyl (C=O) groups is 2. The van der Waals surface area contributed by atoms with E-state index in [1.165, 1.54) is 43.6 Å². The number of amidine groups is 1. The van der Waals surface area contributed by atoms with E-state index in [0.29, 0.717) is 0 Å². The molecule has 0 aromatic carbocycles. The van der Waals surface area contributed by atoms with Gasteiger partial charge in [-0.1, -0.05) is 42.1 Å². The minimum absolute atomic E-state index is 0.211. The van der Waals surface area contributed by atoms with E-state index in [1.54, 1.807) is 22.6 Å². The van der Waals surface area contributed by atoms with Gasteiger partial charge < -0.3 is 16.0 Å². The van der Waals surface area contributed by atoms with Crippen molar-refractivity contribution in [3.63, 3.8) is 0 Å². The van der Waals surface area contributed by atoms with E-state index in [4.69, 9.17) is 5.73 Å². The second-order valence-corrected chi connectivity index (χ2v) is 9.62. The number of primary amides is 1. The van der Waals surface area contributed by atoms with E-state index in [1.807, 2.05) is 44.8 Å². The number of nitrogens with zero attached hydrogens (tertiary/aromatic N) is 2. The summed E-state index contributed by atoms with van der Waals surface area (Å²) in [6.07, 6.45) is 17.3. The van der Waals surface area contributed by atoms with Gasteiger partial charge in [0.25, 0.3) is 0 Å². The van der Waals surface area contributed by atoms with Crippen molar-refractivity contribution in [2.75, 3.05) is 25.1 Å². The van der Waals surface area contributed by atoms with E-state index in [0.717, 1.165) is 35.5 Å². The highest BCUT2D eigenvalue weighted by Gasteiger charge is 2.17. The zero-order chi connectivity index (χ0) is 26.6. The van der Waals surface area contributed by atoms with Crippen LogP contribution in [0.25, 0.3) is 0 Å². The first-order chi connectivity index (χ1) is 16.7. The Kier molecular flexibility index (Phi) is 18.4. The summed E-state index contributed by atoms with van der Waals surface area (Å²) in [4.78, 5) is 30.4. The lowest BCUT2D eigenvalue weighted by Crippen LogP contribution is -2.34. The van der Waals surface area contributed by atoms with E-state index < -0.39 is 5.91 Å². The van der Waals surface area contributed by atoms with Gasteiger partial charge in [0.2, 0.25) is 11.8 Å². The van der Waals surface area contributed by atoms with E-state index >= 15 is 0 Å². The van der Waals surface area contributed by atoms with E-state index in [9.17, 15) is 9.59 Å². The van der Waals surface area contributed by atoms with Gasteiger partial charge in [-0.15, -0.1) is 18.3 Å². The van der Waals surface area contributed by atoms with Gasteiger partial charge in [0.1, 0.15) is 0 Å². The SMILES string of the molecule is C=C/C=C(\C)C1=CN=C(SCC(=O)N/C=C\C(N)=O)N(CC)C1.C=CC.CSC1=C(C)CCCC1. The summed E-state index contributed by atoms with van der Waals surface area (Å²) in [5.74, 6) is -0.612. The molecule has 0 aromatic rings. The third kappa shape index (κ3) is 14.5. The first kappa shape index (κ1) is 32.5. The van der Waals surface area contributed by atoms with Crippen molar-refractivity contribution in [2.24, 2.45) is 10.7 Å². The second-order valence-electron chi connectivity index (χ2n) is 7.78. The summed E-state index contributed by atoms with van der Waals surface area (Å²) in [7, 11) is 0. The normalized spacial score (nSPS) is 15.7. The van der Waals surface area contributed by atoms with Crippen LogP contribution in [0.5, 0.6) is 0 Å². The van der Waals surface area contributed by atoms with Crippen molar-refractivity contribution < 1.29 is 9.59 Å². The highest BCUT2D eigenvalue weighted by Crippen LogP contribution is 2.30. The molecule has 35 heavy (non-hydrogen) atoms. The van der Waals surface area contributed by atoms with Crippen molar-refractivity contribution in [3.8, 4) is 0 Å². The van der Waals surface area contributed by atoms with Gasteiger partial charge in [-0.05, 0) is 75.7 Å². The number of thioether (sulfide) groups is 2.